The Kier molecular flexibility index (Phi) is 7.31. The molecule has 5 heteroatoms. The fraction of sp³-hybridized carbons (Fsp3) is 0.944. The van der Waals surface area contributed by atoms with Crippen molar-refractivity contribution in [2.24, 2.45) is 11.8 Å². The molecule has 2 saturated heterocycles. The van der Waals surface area contributed by atoms with Gasteiger partial charge in [0.05, 0.1) is 0 Å². The Morgan fingerprint density at radius 1 is 1.04 bits per heavy atom. The molecule has 0 bridgehead atoms. The number of carboxylic acid groups (broad SMARTS) is 1. The Morgan fingerprint density at radius 3 is 2.26 bits per heavy atom. The van der Waals surface area contributed by atoms with Crippen molar-refractivity contribution in [3.8, 4) is 0 Å². The van der Waals surface area contributed by atoms with Gasteiger partial charge in [-0.2, -0.15) is 0 Å². The van der Waals surface area contributed by atoms with Crippen molar-refractivity contribution in [2.75, 3.05) is 52.4 Å². The summed E-state index contributed by atoms with van der Waals surface area (Å²) in [6.45, 7) is 14.8. The first-order chi connectivity index (χ1) is 11.0. The summed E-state index contributed by atoms with van der Waals surface area (Å²) >= 11 is 0. The smallest absolute Gasteiger partial charge is 0.322 e. The van der Waals surface area contributed by atoms with Gasteiger partial charge in [-0.15, -0.1) is 0 Å². The highest BCUT2D eigenvalue weighted by Crippen LogP contribution is 2.24. The lowest BCUT2D eigenvalue weighted by atomic mass is 9.87. The molecule has 1 atom stereocenters. The van der Waals surface area contributed by atoms with E-state index >= 15 is 0 Å². The van der Waals surface area contributed by atoms with Crippen LogP contribution in [0.1, 0.15) is 40.0 Å². The molecule has 2 heterocycles. The van der Waals surface area contributed by atoms with E-state index in [9.17, 15) is 9.90 Å². The molecule has 0 amide bonds. The van der Waals surface area contributed by atoms with E-state index in [2.05, 4.69) is 35.5 Å². The lowest BCUT2D eigenvalue weighted by Crippen LogP contribution is -2.57. The maximum Gasteiger partial charge on any atom is 0.322 e. The number of hydrogen-bond donors (Lipinski definition) is 1. The van der Waals surface area contributed by atoms with Crippen molar-refractivity contribution in [2.45, 2.75) is 46.1 Å². The van der Waals surface area contributed by atoms with Gasteiger partial charge < -0.3 is 10.0 Å². The predicted octanol–water partition coefficient (Wildman–Crippen LogP) is 1.84. The minimum atomic E-state index is -0.666. The molecule has 0 aromatic carbocycles. The van der Waals surface area contributed by atoms with E-state index in [-0.39, 0.29) is 6.04 Å². The van der Waals surface area contributed by atoms with E-state index in [4.69, 9.17) is 0 Å². The van der Waals surface area contributed by atoms with Crippen LogP contribution in [0, 0.1) is 11.8 Å². The van der Waals surface area contributed by atoms with Crippen LogP contribution in [0.3, 0.4) is 0 Å². The molecule has 1 unspecified atom stereocenters. The summed E-state index contributed by atoms with van der Waals surface area (Å²) in [4.78, 5) is 18.6. The lowest BCUT2D eigenvalue weighted by Gasteiger charge is -2.40. The van der Waals surface area contributed by atoms with Crippen LogP contribution in [0.15, 0.2) is 0 Å². The highest BCUT2D eigenvalue weighted by atomic mass is 16.4. The number of piperidine rings is 1. The maximum absolute atomic E-state index is 11.5. The number of carbonyl (C=O) groups is 1. The fourth-order valence-electron chi connectivity index (χ4n) is 4.00. The molecule has 1 N–H and O–H groups in total. The van der Waals surface area contributed by atoms with Crippen LogP contribution < -0.4 is 0 Å². The van der Waals surface area contributed by atoms with Crippen LogP contribution in [0.4, 0.5) is 0 Å². The summed E-state index contributed by atoms with van der Waals surface area (Å²) in [5.74, 6) is 1.03. The second kappa shape index (κ2) is 9.00. The Bertz CT molecular complexity index is 367. The normalized spacial score (nSPS) is 26.0. The van der Waals surface area contributed by atoms with Crippen molar-refractivity contribution >= 4 is 5.97 Å². The summed E-state index contributed by atoms with van der Waals surface area (Å²) in [5.41, 5.74) is 0. The Hall–Kier alpha value is -0.650. The van der Waals surface area contributed by atoms with Crippen LogP contribution in [0.5, 0.6) is 0 Å². The van der Waals surface area contributed by atoms with Crippen molar-refractivity contribution in [1.82, 2.24) is 14.7 Å². The number of hydrogen-bond acceptors (Lipinski definition) is 4. The molecule has 0 aliphatic carbocycles. The quantitative estimate of drug-likeness (QED) is 0.774. The molecule has 0 radical (unpaired) electrons. The van der Waals surface area contributed by atoms with E-state index in [1.807, 2.05) is 0 Å². The predicted molar refractivity (Wildman–Crippen MR) is 93.7 cm³/mol. The number of carboxylic acids is 1. The molecule has 0 spiro atoms. The number of aliphatic carboxylic acids is 1. The van der Waals surface area contributed by atoms with E-state index in [0.717, 1.165) is 51.0 Å². The first-order valence-electron chi connectivity index (χ1n) is 9.42. The monoisotopic (exact) mass is 325 g/mol. The van der Waals surface area contributed by atoms with Gasteiger partial charge in [0.2, 0.25) is 0 Å². The average Bonchev–Trinajstić information content (AvgIpc) is 2.54. The molecule has 2 fully saturated rings. The summed E-state index contributed by atoms with van der Waals surface area (Å²) in [6, 6.07) is -0.324. The van der Waals surface area contributed by atoms with Gasteiger partial charge in [0.25, 0.3) is 0 Å². The highest BCUT2D eigenvalue weighted by molar-refractivity contribution is 5.74. The summed E-state index contributed by atoms with van der Waals surface area (Å²) in [6.07, 6.45) is 3.66. The molecule has 23 heavy (non-hydrogen) atoms. The fourth-order valence-corrected chi connectivity index (χ4v) is 4.00. The second-order valence-electron chi connectivity index (χ2n) is 7.61. The molecule has 0 aromatic heterocycles. The molecule has 2 aliphatic rings. The van der Waals surface area contributed by atoms with Gasteiger partial charge in [-0.05, 0) is 50.7 Å². The molecule has 0 saturated carbocycles. The Balaban J connectivity index is 1.73. The Morgan fingerprint density at radius 2 is 1.70 bits per heavy atom. The van der Waals surface area contributed by atoms with Crippen LogP contribution in [0.2, 0.25) is 0 Å². The largest absolute Gasteiger partial charge is 0.480 e. The van der Waals surface area contributed by atoms with E-state index < -0.39 is 5.97 Å². The Labute approximate surface area is 141 Å². The van der Waals surface area contributed by atoms with E-state index in [1.54, 1.807) is 0 Å². The van der Waals surface area contributed by atoms with Gasteiger partial charge in [0, 0.05) is 32.7 Å². The average molecular weight is 325 g/mol. The van der Waals surface area contributed by atoms with Crippen molar-refractivity contribution in [1.29, 1.82) is 0 Å². The summed E-state index contributed by atoms with van der Waals surface area (Å²) in [7, 11) is 0. The van der Waals surface area contributed by atoms with Crippen LogP contribution in [0.25, 0.3) is 0 Å². The minimum absolute atomic E-state index is 0.324. The van der Waals surface area contributed by atoms with Crippen LogP contribution in [-0.4, -0.2) is 84.2 Å². The molecular formula is C18H35N3O2. The third-order valence-electron chi connectivity index (χ3n) is 5.68. The third kappa shape index (κ3) is 5.44. The molecular weight excluding hydrogens is 290 g/mol. The zero-order valence-corrected chi connectivity index (χ0v) is 15.2. The van der Waals surface area contributed by atoms with Crippen molar-refractivity contribution in [3.63, 3.8) is 0 Å². The molecule has 5 nitrogen and oxygen atoms in total. The molecule has 2 rings (SSSR count). The van der Waals surface area contributed by atoms with Gasteiger partial charge in [-0.3, -0.25) is 14.6 Å². The van der Waals surface area contributed by atoms with Crippen LogP contribution >= 0.6 is 0 Å². The van der Waals surface area contributed by atoms with E-state index in [1.165, 1.54) is 25.9 Å². The second-order valence-corrected chi connectivity index (χ2v) is 7.61. The minimum Gasteiger partial charge on any atom is -0.480 e. The SMILES string of the molecule is CCCN1CCN(CCN2CCC(C(C)C)CC2)CC1C(=O)O. The maximum atomic E-state index is 11.5. The van der Waals surface area contributed by atoms with Crippen molar-refractivity contribution in [3.05, 3.63) is 0 Å². The summed E-state index contributed by atoms with van der Waals surface area (Å²) < 4.78 is 0. The third-order valence-corrected chi connectivity index (χ3v) is 5.68. The summed E-state index contributed by atoms with van der Waals surface area (Å²) in [5, 5.41) is 9.47. The van der Waals surface area contributed by atoms with Gasteiger partial charge in [0.1, 0.15) is 6.04 Å². The van der Waals surface area contributed by atoms with Crippen molar-refractivity contribution < 1.29 is 9.90 Å². The zero-order chi connectivity index (χ0) is 16.8. The molecule has 0 aromatic rings. The first kappa shape index (κ1) is 18.7. The van der Waals surface area contributed by atoms with E-state index in [0.29, 0.717) is 6.54 Å². The topological polar surface area (TPSA) is 47.0 Å². The number of piperazine rings is 1. The number of likely N-dealkylation sites (tertiary alicyclic amines) is 1. The number of nitrogens with zero attached hydrogens (tertiary/aromatic N) is 3. The highest BCUT2D eigenvalue weighted by Gasteiger charge is 2.31. The van der Waals surface area contributed by atoms with Gasteiger partial charge in [0.15, 0.2) is 0 Å². The zero-order valence-electron chi connectivity index (χ0n) is 15.2. The van der Waals surface area contributed by atoms with Gasteiger partial charge in [-0.1, -0.05) is 20.8 Å². The van der Waals surface area contributed by atoms with Gasteiger partial charge >= 0.3 is 5.97 Å². The van der Waals surface area contributed by atoms with Crippen LogP contribution in [-0.2, 0) is 4.79 Å². The lowest BCUT2D eigenvalue weighted by molar-refractivity contribution is -0.145. The van der Waals surface area contributed by atoms with Gasteiger partial charge in [-0.25, -0.2) is 0 Å². The first-order valence-corrected chi connectivity index (χ1v) is 9.42. The molecule has 2 aliphatic heterocycles. The molecule has 134 valence electrons. The number of rotatable bonds is 7. The standard InChI is InChI=1S/C18H35N3O2/c1-4-7-21-13-12-20(14-17(21)18(22)23)11-10-19-8-5-16(6-9-19)15(2)3/h15-17H,4-14H2,1-3H3,(H,22,23).